The molecule has 26 aromatic rings. The molecule has 4 nitrogen and oxygen atoms in total. The van der Waals surface area contributed by atoms with Crippen LogP contribution in [0.2, 0.25) is 0 Å². The molecule has 0 saturated carbocycles. The Hall–Kier alpha value is -17.7. The summed E-state index contributed by atoms with van der Waals surface area (Å²) in [5.41, 5.74) is 31.5. The Morgan fingerprint density at radius 1 is 0.142 bits per heavy atom. The summed E-state index contributed by atoms with van der Waals surface area (Å²) in [6.07, 6.45) is 0. The van der Waals surface area contributed by atoms with Gasteiger partial charge in [0.1, 0.15) is 0 Å². The monoisotopic (exact) mass is 1700 g/mol. The molecular weight excluding hydrogens is 1620 g/mol. The number of benzene rings is 24. The van der Waals surface area contributed by atoms with Gasteiger partial charge in [-0.05, 0) is 287 Å². The zero-order valence-electron chi connectivity index (χ0n) is 73.3. The molecule has 2 heterocycles. The van der Waals surface area contributed by atoms with Crippen molar-refractivity contribution >= 4 is 153 Å². The van der Waals surface area contributed by atoms with Crippen molar-refractivity contribution in [2.24, 2.45) is 0 Å². The highest BCUT2D eigenvalue weighted by Crippen LogP contribution is 2.50. The first-order chi connectivity index (χ1) is 66.4. The molecule has 134 heavy (non-hydrogen) atoms. The van der Waals surface area contributed by atoms with Gasteiger partial charge in [-0.1, -0.05) is 376 Å². The lowest BCUT2D eigenvalue weighted by Crippen LogP contribution is -2.11. The number of fused-ring (bicyclic) bond motifs is 18. The number of hydrogen-bond donors (Lipinski definition) is 0. The molecular formula is C130H84N4. The van der Waals surface area contributed by atoms with Gasteiger partial charge in [0, 0.05) is 72.3 Å². The van der Waals surface area contributed by atoms with Crippen molar-refractivity contribution < 1.29 is 0 Å². The SMILES string of the molecule is c1ccc(-c2ccc(N(c3ccc(-c4cc5ccc6ccccc6c5c5ccccc45)cc3)c3cccc(-c4cccc(-n5c6ccccc6c6c7ccccc7c(-c7cccc(-c8ccc(N(c9ccc(-c%10cc%11ccccc%11c%11ccccc%10%11)cc9)c9cccc(-c%10cccc(-n%11c%12ccccc%12c%12ccc%13ccccc%13c%12%11)c%10)c9)c(-c9ccccc9)c8)c7)cc65)c4)c3)cc2)cc1. The zero-order chi connectivity index (χ0) is 88.3. The minimum absolute atomic E-state index is 1.04. The summed E-state index contributed by atoms with van der Waals surface area (Å²) in [6, 6.07) is 189. The van der Waals surface area contributed by atoms with Gasteiger partial charge in [0.15, 0.2) is 0 Å². The van der Waals surface area contributed by atoms with Gasteiger partial charge in [0.25, 0.3) is 0 Å². The van der Waals surface area contributed by atoms with Crippen LogP contribution in [0.3, 0.4) is 0 Å². The Morgan fingerprint density at radius 3 is 1.16 bits per heavy atom. The van der Waals surface area contributed by atoms with E-state index in [2.05, 4.69) is 529 Å². The van der Waals surface area contributed by atoms with Crippen LogP contribution >= 0.6 is 0 Å². The van der Waals surface area contributed by atoms with Crippen LogP contribution in [0.5, 0.6) is 0 Å². The van der Waals surface area contributed by atoms with E-state index in [9.17, 15) is 0 Å². The fraction of sp³-hybridized carbons (Fsp3) is 0. The van der Waals surface area contributed by atoms with Crippen LogP contribution in [0.15, 0.2) is 510 Å². The van der Waals surface area contributed by atoms with E-state index in [0.29, 0.717) is 0 Å². The molecule has 0 spiro atoms. The molecule has 0 unspecified atom stereocenters. The van der Waals surface area contributed by atoms with Crippen LogP contribution in [-0.2, 0) is 0 Å². The highest BCUT2D eigenvalue weighted by Gasteiger charge is 2.26. The Labute approximate surface area is 776 Å². The van der Waals surface area contributed by atoms with Gasteiger partial charge in [-0.15, -0.1) is 0 Å². The second-order valence-electron chi connectivity index (χ2n) is 35.4. The Balaban J connectivity index is 0.581. The van der Waals surface area contributed by atoms with E-state index >= 15 is 0 Å². The summed E-state index contributed by atoms with van der Waals surface area (Å²) in [5.74, 6) is 0. The molecule has 0 saturated heterocycles. The highest BCUT2D eigenvalue weighted by atomic mass is 15.2. The van der Waals surface area contributed by atoms with Gasteiger partial charge < -0.3 is 18.9 Å². The van der Waals surface area contributed by atoms with Gasteiger partial charge in [0.05, 0.1) is 27.8 Å². The number of rotatable bonds is 16. The van der Waals surface area contributed by atoms with Gasteiger partial charge in [-0.3, -0.25) is 0 Å². The Bertz CT molecular complexity index is 9180. The second-order valence-corrected chi connectivity index (χ2v) is 35.4. The maximum Gasteiger partial charge on any atom is 0.0619 e. The first kappa shape index (κ1) is 77.4. The Morgan fingerprint density at radius 2 is 0.522 bits per heavy atom. The molecule has 0 aliphatic rings. The molecule has 0 amide bonds. The number of hydrogen-bond acceptors (Lipinski definition) is 2. The highest BCUT2D eigenvalue weighted by molar-refractivity contribution is 6.26. The predicted molar refractivity (Wildman–Crippen MR) is 571 cm³/mol. The summed E-state index contributed by atoms with van der Waals surface area (Å²) in [6.45, 7) is 0. The molecule has 0 aliphatic carbocycles. The predicted octanol–water partition coefficient (Wildman–Crippen LogP) is 36.2. The molecule has 0 fully saturated rings. The minimum atomic E-state index is 1.04. The number of nitrogens with zero attached hydrogens (tertiary/aromatic N) is 4. The summed E-state index contributed by atoms with van der Waals surface area (Å²) in [5, 5.41) is 22.3. The van der Waals surface area contributed by atoms with Crippen LogP contribution in [0, 0.1) is 0 Å². The number of anilines is 6. The lowest BCUT2D eigenvalue weighted by atomic mass is 9.90. The average molecular weight is 1700 g/mol. The first-order valence-corrected chi connectivity index (χ1v) is 46.2. The molecule has 0 atom stereocenters. The van der Waals surface area contributed by atoms with Gasteiger partial charge in [-0.25, -0.2) is 0 Å². The first-order valence-electron chi connectivity index (χ1n) is 46.2. The maximum atomic E-state index is 2.50. The van der Waals surface area contributed by atoms with Crippen LogP contribution in [0.1, 0.15) is 0 Å². The van der Waals surface area contributed by atoms with E-state index in [0.717, 1.165) is 118 Å². The van der Waals surface area contributed by atoms with Crippen molar-refractivity contribution in [1.29, 1.82) is 0 Å². The van der Waals surface area contributed by atoms with E-state index in [-0.39, 0.29) is 0 Å². The quantitative estimate of drug-likeness (QED) is 0.0897. The van der Waals surface area contributed by atoms with Crippen molar-refractivity contribution in [2.45, 2.75) is 0 Å². The molecule has 26 rings (SSSR count). The van der Waals surface area contributed by atoms with E-state index in [1.54, 1.807) is 0 Å². The standard InChI is InChI=1S/C130H84N4/c1-3-28-85(29-4-1)86-60-68-101(69-61-86)131(102-70-62-91(63-71-102)121-83-100-59-58-88-32-7-11-46-109(88)128(100)116-53-17-15-50-113(116)121)104-41-24-36-93(77-104)95-38-26-43-106(79-95)133-125-57-22-20-55-119(125)129-117-54-18-16-51-114(117)122(84-127(129)133)98-40-23-35-92(76-98)97-67-75-126(123(81-97)87-30-5-2-6-31-87)132(103-72-64-90(65-73-103)120-82-99-34-9-10-45-108(99)111-48-13-14-49-112(111)120)105-42-25-37-94(78-105)96-39-27-44-107(80-96)134-124-56-21-19-52-115(124)118-74-66-89-33-8-12-47-110(89)130(118)134/h1-84H. The topological polar surface area (TPSA) is 16.3 Å². The lowest BCUT2D eigenvalue weighted by Gasteiger charge is -2.29. The molecule has 624 valence electrons. The van der Waals surface area contributed by atoms with Gasteiger partial charge in [-0.2, -0.15) is 0 Å². The lowest BCUT2D eigenvalue weighted by molar-refractivity contribution is 1.18. The molecule has 24 aromatic carbocycles. The van der Waals surface area contributed by atoms with Crippen molar-refractivity contribution in [3.05, 3.63) is 510 Å². The van der Waals surface area contributed by atoms with Gasteiger partial charge >= 0.3 is 0 Å². The summed E-state index contributed by atoms with van der Waals surface area (Å²) in [7, 11) is 0. The Kier molecular flexibility index (Phi) is 18.6. The summed E-state index contributed by atoms with van der Waals surface area (Å²) < 4.78 is 4.96. The molecule has 0 radical (unpaired) electrons. The van der Waals surface area contributed by atoms with Gasteiger partial charge in [0.2, 0.25) is 0 Å². The molecule has 0 N–H and O–H groups in total. The van der Waals surface area contributed by atoms with Crippen molar-refractivity contribution in [1.82, 2.24) is 9.13 Å². The van der Waals surface area contributed by atoms with Crippen molar-refractivity contribution in [2.75, 3.05) is 9.80 Å². The molecule has 2 aromatic heterocycles. The van der Waals surface area contributed by atoms with Crippen molar-refractivity contribution in [3.8, 4) is 100 Å². The largest absolute Gasteiger partial charge is 0.310 e. The smallest absolute Gasteiger partial charge is 0.0619 e. The third-order valence-corrected chi connectivity index (χ3v) is 27.8. The molecule has 0 aliphatic heterocycles. The van der Waals surface area contributed by atoms with E-state index in [4.69, 9.17) is 0 Å². The minimum Gasteiger partial charge on any atom is -0.310 e. The van der Waals surface area contributed by atoms with Crippen LogP contribution in [0.4, 0.5) is 34.1 Å². The zero-order valence-corrected chi connectivity index (χ0v) is 73.3. The third kappa shape index (κ3) is 13.2. The van der Waals surface area contributed by atoms with E-state index in [1.807, 2.05) is 0 Å². The normalized spacial score (nSPS) is 11.7. The van der Waals surface area contributed by atoms with Crippen LogP contribution < -0.4 is 9.80 Å². The molecule has 4 heteroatoms. The third-order valence-electron chi connectivity index (χ3n) is 27.8. The van der Waals surface area contributed by atoms with Crippen LogP contribution in [-0.4, -0.2) is 9.13 Å². The number of aromatic nitrogens is 2. The maximum absolute atomic E-state index is 2.50. The average Bonchev–Trinajstić information content (AvgIpc) is 1.57. The fourth-order valence-electron chi connectivity index (χ4n) is 21.6. The van der Waals surface area contributed by atoms with E-state index in [1.165, 1.54) is 136 Å². The second kappa shape index (κ2) is 32.2. The molecule has 0 bridgehead atoms. The number of para-hydroxylation sites is 2. The van der Waals surface area contributed by atoms with E-state index < -0.39 is 0 Å². The summed E-state index contributed by atoms with van der Waals surface area (Å²) in [4.78, 5) is 4.88. The van der Waals surface area contributed by atoms with Crippen LogP contribution in [0.25, 0.3) is 219 Å². The fourth-order valence-corrected chi connectivity index (χ4v) is 21.6. The van der Waals surface area contributed by atoms with Crippen molar-refractivity contribution in [3.63, 3.8) is 0 Å². The summed E-state index contributed by atoms with van der Waals surface area (Å²) >= 11 is 0.